The van der Waals surface area contributed by atoms with E-state index in [2.05, 4.69) is 21.2 Å². The molecule has 0 unspecified atom stereocenters. The maximum atomic E-state index is 12.7. The summed E-state index contributed by atoms with van der Waals surface area (Å²) in [5, 5.41) is 2.79. The first-order valence-corrected chi connectivity index (χ1v) is 11.4. The summed E-state index contributed by atoms with van der Waals surface area (Å²) < 4.78 is 6.01. The Labute approximate surface area is 204 Å². The molecule has 0 aliphatic carbocycles. The lowest BCUT2D eigenvalue weighted by atomic mass is 10.1. The Morgan fingerprint density at radius 1 is 0.912 bits per heavy atom. The first-order valence-electron chi connectivity index (χ1n) is 10.6. The minimum Gasteiger partial charge on any atom is -0.454 e. The number of Topliss-reactive ketones (excluding diaryl/α,β-unsaturated/α-hetero) is 1. The van der Waals surface area contributed by atoms with Gasteiger partial charge in [-0.05, 0) is 48.5 Å². The van der Waals surface area contributed by atoms with E-state index in [-0.39, 0.29) is 36.2 Å². The topological polar surface area (TPSA) is 92.8 Å². The van der Waals surface area contributed by atoms with E-state index in [1.807, 2.05) is 24.3 Å². The van der Waals surface area contributed by atoms with Gasteiger partial charge in [-0.3, -0.25) is 14.4 Å². The van der Waals surface area contributed by atoms with Crippen molar-refractivity contribution in [1.29, 1.82) is 0 Å². The molecular weight excluding hydrogens is 500 g/mol. The predicted octanol–water partition coefficient (Wildman–Crippen LogP) is 4.48. The van der Waals surface area contributed by atoms with E-state index in [0.717, 1.165) is 10.2 Å². The van der Waals surface area contributed by atoms with E-state index < -0.39 is 11.9 Å². The van der Waals surface area contributed by atoms with Gasteiger partial charge >= 0.3 is 5.97 Å². The monoisotopic (exact) mass is 520 g/mol. The number of ether oxygens (including phenoxy) is 1. The maximum absolute atomic E-state index is 12.7. The number of halogens is 1. The Bertz CT molecular complexity index is 1210. The highest BCUT2D eigenvalue weighted by Crippen LogP contribution is 2.27. The maximum Gasteiger partial charge on any atom is 0.338 e. The molecule has 1 atom stereocenters. The van der Waals surface area contributed by atoms with Gasteiger partial charge < -0.3 is 15.0 Å². The number of amides is 2. The molecule has 0 radical (unpaired) electrons. The third-order valence-electron chi connectivity index (χ3n) is 5.45. The Balaban J connectivity index is 1.30. The van der Waals surface area contributed by atoms with Crippen LogP contribution in [0, 0.1) is 5.92 Å². The number of rotatable bonds is 7. The van der Waals surface area contributed by atoms with Crippen molar-refractivity contribution >= 4 is 50.9 Å². The lowest BCUT2D eigenvalue weighted by Crippen LogP contribution is -2.28. The molecule has 1 aliphatic heterocycles. The van der Waals surface area contributed by atoms with Crippen molar-refractivity contribution in [3.63, 3.8) is 0 Å². The molecule has 172 valence electrons. The van der Waals surface area contributed by atoms with E-state index in [1.54, 1.807) is 47.4 Å². The zero-order chi connectivity index (χ0) is 24.1. The molecule has 0 bridgehead atoms. The number of nitrogens with one attached hydrogen (secondary N) is 1. The molecule has 1 saturated heterocycles. The zero-order valence-electron chi connectivity index (χ0n) is 18.1. The number of benzene rings is 3. The Morgan fingerprint density at radius 2 is 1.59 bits per heavy atom. The van der Waals surface area contributed by atoms with Crippen LogP contribution in [0.25, 0.3) is 0 Å². The van der Waals surface area contributed by atoms with Crippen molar-refractivity contribution in [2.45, 2.75) is 6.42 Å². The average molecular weight is 521 g/mol. The molecule has 0 spiro atoms. The lowest BCUT2D eigenvalue weighted by molar-refractivity contribution is -0.122. The number of hydrogen-bond donors (Lipinski definition) is 1. The molecular formula is C26H21BrN2O5. The van der Waals surface area contributed by atoms with Gasteiger partial charge in [0.25, 0.3) is 0 Å². The molecule has 1 fully saturated rings. The van der Waals surface area contributed by atoms with Gasteiger partial charge in [-0.15, -0.1) is 0 Å². The van der Waals surface area contributed by atoms with Crippen molar-refractivity contribution in [2.75, 3.05) is 23.4 Å². The van der Waals surface area contributed by atoms with E-state index >= 15 is 0 Å². The first kappa shape index (κ1) is 23.4. The van der Waals surface area contributed by atoms with Gasteiger partial charge in [-0.2, -0.15) is 0 Å². The second-order valence-electron chi connectivity index (χ2n) is 7.81. The van der Waals surface area contributed by atoms with Crippen LogP contribution in [0.4, 0.5) is 11.4 Å². The predicted molar refractivity (Wildman–Crippen MR) is 131 cm³/mol. The van der Waals surface area contributed by atoms with Crippen LogP contribution in [0.5, 0.6) is 0 Å². The smallest absolute Gasteiger partial charge is 0.338 e. The Morgan fingerprint density at radius 3 is 2.26 bits per heavy atom. The second kappa shape index (κ2) is 10.4. The third-order valence-corrected chi connectivity index (χ3v) is 5.98. The molecule has 1 aliphatic rings. The number of esters is 1. The largest absolute Gasteiger partial charge is 0.454 e. The van der Waals surface area contributed by atoms with Crippen LogP contribution >= 0.6 is 15.9 Å². The Kier molecular flexibility index (Phi) is 7.18. The first-order chi connectivity index (χ1) is 16.4. The molecule has 3 aromatic rings. The van der Waals surface area contributed by atoms with Crippen molar-refractivity contribution < 1.29 is 23.9 Å². The quantitative estimate of drug-likeness (QED) is 0.366. The summed E-state index contributed by atoms with van der Waals surface area (Å²) in [6, 6.07) is 22.1. The molecule has 34 heavy (non-hydrogen) atoms. The van der Waals surface area contributed by atoms with E-state index in [9.17, 15) is 19.2 Å². The van der Waals surface area contributed by atoms with Gasteiger partial charge in [-0.25, -0.2) is 4.79 Å². The van der Waals surface area contributed by atoms with Crippen LogP contribution in [-0.4, -0.2) is 36.7 Å². The SMILES string of the molecule is O=C(COC(=O)c1ccc(NC(=O)[C@H]2CC(=O)N(c3ccc(Br)cc3)C2)cc1)c1ccccc1. The van der Waals surface area contributed by atoms with Crippen molar-refractivity contribution in [3.8, 4) is 0 Å². The molecule has 1 N–H and O–H groups in total. The molecule has 1 heterocycles. The zero-order valence-corrected chi connectivity index (χ0v) is 19.7. The van der Waals surface area contributed by atoms with Crippen LogP contribution in [0.2, 0.25) is 0 Å². The summed E-state index contributed by atoms with van der Waals surface area (Å²) in [7, 11) is 0. The van der Waals surface area contributed by atoms with Gasteiger partial charge in [-0.1, -0.05) is 46.3 Å². The van der Waals surface area contributed by atoms with Gasteiger partial charge in [0.15, 0.2) is 12.4 Å². The molecule has 0 aromatic heterocycles. The normalized spacial score (nSPS) is 15.1. The van der Waals surface area contributed by atoms with Crippen LogP contribution < -0.4 is 10.2 Å². The number of nitrogens with zero attached hydrogens (tertiary/aromatic N) is 1. The van der Waals surface area contributed by atoms with Gasteiger partial charge in [0, 0.05) is 34.4 Å². The number of ketones is 1. The minimum absolute atomic E-state index is 0.106. The van der Waals surface area contributed by atoms with Crippen LogP contribution in [-0.2, 0) is 14.3 Å². The van der Waals surface area contributed by atoms with Gasteiger partial charge in [0.1, 0.15) is 0 Å². The van der Waals surface area contributed by atoms with E-state index in [4.69, 9.17) is 4.74 Å². The molecule has 7 nitrogen and oxygen atoms in total. The van der Waals surface area contributed by atoms with Crippen molar-refractivity contribution in [1.82, 2.24) is 0 Å². The number of carbonyl (C=O) groups excluding carboxylic acids is 4. The van der Waals surface area contributed by atoms with Crippen molar-refractivity contribution in [3.05, 3.63) is 94.5 Å². The second-order valence-corrected chi connectivity index (χ2v) is 8.73. The molecule has 3 aromatic carbocycles. The fraction of sp³-hybridized carbons (Fsp3) is 0.154. The number of carbonyl (C=O) groups is 4. The summed E-state index contributed by atoms with van der Waals surface area (Å²) in [6.45, 7) is -0.0575. The summed E-state index contributed by atoms with van der Waals surface area (Å²) in [5.41, 5.74) is 1.97. The number of anilines is 2. The molecule has 0 saturated carbocycles. The molecule has 2 amide bonds. The highest BCUT2D eigenvalue weighted by Gasteiger charge is 2.35. The van der Waals surface area contributed by atoms with Crippen LogP contribution in [0.3, 0.4) is 0 Å². The summed E-state index contributed by atoms with van der Waals surface area (Å²) in [6.07, 6.45) is 0.127. The fourth-order valence-corrected chi connectivity index (χ4v) is 3.87. The van der Waals surface area contributed by atoms with Gasteiger partial charge in [0.2, 0.25) is 11.8 Å². The third kappa shape index (κ3) is 5.58. The highest BCUT2D eigenvalue weighted by atomic mass is 79.9. The van der Waals surface area contributed by atoms with Crippen LogP contribution in [0.1, 0.15) is 27.1 Å². The molecule has 8 heteroatoms. The summed E-state index contributed by atoms with van der Waals surface area (Å²) >= 11 is 3.37. The minimum atomic E-state index is -0.631. The summed E-state index contributed by atoms with van der Waals surface area (Å²) in [4.78, 5) is 51.0. The lowest BCUT2D eigenvalue weighted by Gasteiger charge is -2.17. The standard InChI is InChI=1S/C26H21BrN2O5/c27-20-8-12-22(13-9-20)29-15-19(14-24(29)31)25(32)28-21-10-6-18(7-11-21)26(33)34-16-23(30)17-4-2-1-3-5-17/h1-13,19H,14-16H2,(H,28,32)/t19-/m0/s1. The van der Waals surface area contributed by atoms with E-state index in [0.29, 0.717) is 17.8 Å². The molecule has 4 rings (SSSR count). The average Bonchev–Trinajstić information content (AvgIpc) is 3.25. The Hall–Kier alpha value is -3.78. The van der Waals surface area contributed by atoms with Gasteiger partial charge in [0.05, 0.1) is 11.5 Å². The fourth-order valence-electron chi connectivity index (χ4n) is 3.61. The van der Waals surface area contributed by atoms with Crippen molar-refractivity contribution in [2.24, 2.45) is 5.92 Å². The highest BCUT2D eigenvalue weighted by molar-refractivity contribution is 9.10. The van der Waals surface area contributed by atoms with E-state index in [1.165, 1.54) is 12.1 Å². The van der Waals surface area contributed by atoms with Crippen LogP contribution in [0.15, 0.2) is 83.3 Å². The summed E-state index contributed by atoms with van der Waals surface area (Å²) in [5.74, 6) is -1.78. The number of hydrogen-bond acceptors (Lipinski definition) is 5.